The molecule has 0 spiro atoms. The first-order valence-electron chi connectivity index (χ1n) is 11.9. The normalized spacial score (nSPS) is 27.6. The second kappa shape index (κ2) is 9.53. The number of nitrogens with zero attached hydrogens (tertiary/aromatic N) is 1. The number of piperidine rings is 1. The number of rotatable bonds is 8. The summed E-state index contributed by atoms with van der Waals surface area (Å²) < 4.78 is 0. The molecule has 162 valence electrons. The van der Waals surface area contributed by atoms with Gasteiger partial charge >= 0.3 is 0 Å². The van der Waals surface area contributed by atoms with Crippen molar-refractivity contribution >= 4 is 5.69 Å². The quantitative estimate of drug-likeness (QED) is 0.629. The summed E-state index contributed by atoms with van der Waals surface area (Å²) in [5.41, 5.74) is 4.33. The van der Waals surface area contributed by atoms with Crippen LogP contribution in [0.25, 0.3) is 0 Å². The van der Waals surface area contributed by atoms with Gasteiger partial charge in [0.05, 0.1) is 6.10 Å². The third-order valence-electron chi connectivity index (χ3n) is 7.77. The Morgan fingerprint density at radius 1 is 1.13 bits per heavy atom. The third kappa shape index (κ3) is 4.43. The van der Waals surface area contributed by atoms with Gasteiger partial charge in [-0.15, -0.1) is 0 Å². The molecule has 2 aromatic carbocycles. The number of fused-ring (bicyclic) bond motifs is 2. The monoisotopic (exact) mass is 406 g/mol. The van der Waals surface area contributed by atoms with Crippen LogP contribution >= 0.6 is 0 Å². The van der Waals surface area contributed by atoms with Crippen molar-refractivity contribution in [3.63, 3.8) is 0 Å². The van der Waals surface area contributed by atoms with E-state index in [4.69, 9.17) is 0 Å². The van der Waals surface area contributed by atoms with Crippen molar-refractivity contribution in [3.05, 3.63) is 65.7 Å². The van der Waals surface area contributed by atoms with Crippen molar-refractivity contribution in [2.45, 2.75) is 69.9 Å². The van der Waals surface area contributed by atoms with E-state index in [1.165, 1.54) is 42.5 Å². The SMILES string of the molecule is CCNc1cccc(C23CCCC(C2C)N(CCC(O)Cc2ccccc2)CC3)c1. The minimum absolute atomic E-state index is 0.255. The van der Waals surface area contributed by atoms with E-state index in [9.17, 15) is 5.11 Å². The Bertz CT molecular complexity index is 808. The average molecular weight is 407 g/mol. The summed E-state index contributed by atoms with van der Waals surface area (Å²) in [5, 5.41) is 14.1. The average Bonchev–Trinajstić information content (AvgIpc) is 2.75. The standard InChI is InChI=1S/C27H38N2O/c1-3-28-24-12-7-11-23(20-24)27-15-8-13-26(21(27)2)29(18-16-27)17-14-25(30)19-22-9-5-4-6-10-22/h4-7,9-12,20-21,25-26,28,30H,3,8,13-19H2,1-2H3. The summed E-state index contributed by atoms with van der Waals surface area (Å²) >= 11 is 0. The van der Waals surface area contributed by atoms with Crippen LogP contribution in [0, 0.1) is 5.92 Å². The van der Waals surface area contributed by atoms with Crippen LogP contribution in [0.5, 0.6) is 0 Å². The van der Waals surface area contributed by atoms with Crippen molar-refractivity contribution < 1.29 is 5.11 Å². The van der Waals surface area contributed by atoms with Gasteiger partial charge in [0.1, 0.15) is 0 Å². The van der Waals surface area contributed by atoms with Crippen LogP contribution in [0.4, 0.5) is 5.69 Å². The maximum absolute atomic E-state index is 10.6. The molecule has 0 aromatic heterocycles. The molecule has 1 heterocycles. The number of hydrogen-bond donors (Lipinski definition) is 2. The second-order valence-corrected chi connectivity index (χ2v) is 9.43. The van der Waals surface area contributed by atoms with Crippen LogP contribution in [-0.2, 0) is 11.8 Å². The molecule has 2 fully saturated rings. The van der Waals surface area contributed by atoms with Gasteiger partial charge in [0, 0.05) is 30.2 Å². The summed E-state index contributed by atoms with van der Waals surface area (Å²) in [5.74, 6) is 0.656. The van der Waals surface area contributed by atoms with Crippen molar-refractivity contribution in [2.24, 2.45) is 5.92 Å². The zero-order valence-electron chi connectivity index (χ0n) is 18.7. The third-order valence-corrected chi connectivity index (χ3v) is 7.77. The largest absolute Gasteiger partial charge is 0.393 e. The first kappa shape index (κ1) is 21.4. The summed E-state index contributed by atoms with van der Waals surface area (Å²) in [4.78, 5) is 2.68. The fourth-order valence-electron chi connectivity index (χ4n) is 6.11. The van der Waals surface area contributed by atoms with Gasteiger partial charge in [-0.25, -0.2) is 0 Å². The van der Waals surface area contributed by atoms with E-state index >= 15 is 0 Å². The fraction of sp³-hybridized carbons (Fsp3) is 0.556. The molecule has 1 aliphatic carbocycles. The number of aliphatic hydroxyl groups excluding tert-OH is 1. The van der Waals surface area contributed by atoms with Crippen LogP contribution in [0.3, 0.4) is 0 Å². The number of nitrogens with one attached hydrogen (secondary N) is 1. The van der Waals surface area contributed by atoms with Crippen LogP contribution in [0.2, 0.25) is 0 Å². The highest BCUT2D eigenvalue weighted by Gasteiger charge is 2.49. The first-order chi connectivity index (χ1) is 14.6. The molecular weight excluding hydrogens is 368 g/mol. The second-order valence-electron chi connectivity index (χ2n) is 9.43. The van der Waals surface area contributed by atoms with E-state index in [1.54, 1.807) is 0 Å². The summed E-state index contributed by atoms with van der Waals surface area (Å²) in [6.45, 7) is 7.77. The fourth-order valence-corrected chi connectivity index (χ4v) is 6.11. The minimum Gasteiger partial charge on any atom is -0.393 e. The maximum atomic E-state index is 10.6. The van der Waals surface area contributed by atoms with E-state index in [0.717, 1.165) is 32.5 Å². The lowest BCUT2D eigenvalue weighted by atomic mass is 9.57. The molecule has 0 radical (unpaired) electrons. The lowest BCUT2D eigenvalue weighted by Crippen LogP contribution is -2.58. The molecule has 2 bridgehead atoms. The molecular formula is C27H38N2O. The van der Waals surface area contributed by atoms with Gasteiger partial charge in [0.2, 0.25) is 0 Å². The van der Waals surface area contributed by atoms with E-state index in [2.05, 4.69) is 72.6 Å². The highest BCUT2D eigenvalue weighted by Crippen LogP contribution is 2.51. The summed E-state index contributed by atoms with van der Waals surface area (Å²) in [6.07, 6.45) is 6.51. The van der Waals surface area contributed by atoms with Gasteiger partial charge in [-0.05, 0) is 74.8 Å². The van der Waals surface area contributed by atoms with Crippen LogP contribution in [-0.4, -0.2) is 41.8 Å². The number of likely N-dealkylation sites (tertiary alicyclic amines) is 1. The smallest absolute Gasteiger partial charge is 0.0592 e. The predicted octanol–water partition coefficient (Wildman–Crippen LogP) is 5.24. The van der Waals surface area contributed by atoms with E-state index < -0.39 is 0 Å². The zero-order chi connectivity index (χ0) is 21.0. The number of hydrogen-bond acceptors (Lipinski definition) is 3. The Morgan fingerprint density at radius 3 is 2.77 bits per heavy atom. The van der Waals surface area contributed by atoms with Crippen molar-refractivity contribution in [3.8, 4) is 0 Å². The molecule has 3 nitrogen and oxygen atoms in total. The summed E-state index contributed by atoms with van der Waals surface area (Å²) in [7, 11) is 0. The van der Waals surface area contributed by atoms with Crippen molar-refractivity contribution in [1.82, 2.24) is 4.90 Å². The van der Waals surface area contributed by atoms with Gasteiger partial charge in [0.25, 0.3) is 0 Å². The molecule has 2 aromatic rings. The molecule has 4 rings (SSSR count). The van der Waals surface area contributed by atoms with Gasteiger partial charge < -0.3 is 10.4 Å². The Hall–Kier alpha value is -1.84. The molecule has 2 aliphatic rings. The summed E-state index contributed by atoms with van der Waals surface area (Å²) in [6, 6.07) is 20.2. The maximum Gasteiger partial charge on any atom is 0.0592 e. The number of aliphatic hydroxyl groups is 1. The van der Waals surface area contributed by atoms with Gasteiger partial charge in [0.15, 0.2) is 0 Å². The molecule has 3 heteroatoms. The van der Waals surface area contributed by atoms with Crippen LogP contribution < -0.4 is 5.32 Å². The Morgan fingerprint density at radius 2 is 1.97 bits per heavy atom. The first-order valence-corrected chi connectivity index (χ1v) is 11.9. The Kier molecular flexibility index (Phi) is 6.80. The molecule has 4 unspecified atom stereocenters. The van der Waals surface area contributed by atoms with Gasteiger partial charge in [-0.1, -0.05) is 55.8 Å². The van der Waals surface area contributed by atoms with Crippen LogP contribution in [0.15, 0.2) is 54.6 Å². The number of anilines is 1. The highest BCUT2D eigenvalue weighted by molar-refractivity contribution is 5.48. The van der Waals surface area contributed by atoms with Gasteiger partial charge in [-0.2, -0.15) is 0 Å². The van der Waals surface area contributed by atoms with Gasteiger partial charge in [-0.3, -0.25) is 4.90 Å². The minimum atomic E-state index is -0.255. The molecule has 1 aliphatic heterocycles. The van der Waals surface area contributed by atoms with Crippen LogP contribution in [0.1, 0.15) is 57.1 Å². The predicted molar refractivity (Wildman–Crippen MR) is 126 cm³/mol. The molecule has 0 amide bonds. The van der Waals surface area contributed by atoms with E-state index in [1.807, 2.05) is 6.07 Å². The number of benzene rings is 2. The Balaban J connectivity index is 1.41. The van der Waals surface area contributed by atoms with E-state index in [-0.39, 0.29) is 6.10 Å². The molecule has 1 saturated carbocycles. The van der Waals surface area contributed by atoms with E-state index in [0.29, 0.717) is 17.4 Å². The topological polar surface area (TPSA) is 35.5 Å². The molecule has 4 atom stereocenters. The van der Waals surface area contributed by atoms with Crippen molar-refractivity contribution in [1.29, 1.82) is 0 Å². The Labute approximate surface area is 182 Å². The molecule has 1 saturated heterocycles. The lowest BCUT2D eigenvalue weighted by molar-refractivity contribution is -0.00971. The van der Waals surface area contributed by atoms with Crippen molar-refractivity contribution in [2.75, 3.05) is 25.0 Å². The lowest BCUT2D eigenvalue weighted by Gasteiger charge is -2.56. The molecule has 30 heavy (non-hydrogen) atoms. The zero-order valence-corrected chi connectivity index (χ0v) is 18.7. The highest BCUT2D eigenvalue weighted by atomic mass is 16.3. The molecule has 2 N–H and O–H groups in total.